The Morgan fingerprint density at radius 3 is 2.04 bits per heavy atom. The first-order chi connectivity index (χ1) is 22.1. The molecule has 0 aromatic carbocycles. The van der Waals surface area contributed by atoms with E-state index in [9.17, 15) is 33.9 Å². The molecule has 48 heavy (non-hydrogen) atoms. The van der Waals surface area contributed by atoms with Crippen LogP contribution in [0.25, 0.3) is 0 Å². The lowest BCUT2D eigenvalue weighted by atomic mass is 9.54. The highest BCUT2D eigenvalue weighted by Gasteiger charge is 2.69. The Hall–Kier alpha value is -3.74. The van der Waals surface area contributed by atoms with Gasteiger partial charge in [0.15, 0.2) is 11.7 Å². The van der Waals surface area contributed by atoms with Gasteiger partial charge in [0.05, 0.1) is 17.3 Å². The highest BCUT2D eigenvalue weighted by molar-refractivity contribution is 5.78. The van der Waals surface area contributed by atoms with Crippen molar-refractivity contribution in [1.29, 1.82) is 0 Å². The van der Waals surface area contributed by atoms with E-state index in [1.54, 1.807) is 27.7 Å². The summed E-state index contributed by atoms with van der Waals surface area (Å²) in [5.74, 6) is -7.41. The van der Waals surface area contributed by atoms with Crippen molar-refractivity contribution in [2.75, 3.05) is 0 Å². The summed E-state index contributed by atoms with van der Waals surface area (Å²) in [6, 6.07) is 0. The van der Waals surface area contributed by atoms with Crippen LogP contribution in [0.4, 0.5) is 0 Å². The predicted molar refractivity (Wildman–Crippen MR) is 168 cm³/mol. The van der Waals surface area contributed by atoms with Crippen LogP contribution in [-0.4, -0.2) is 83.1 Å². The summed E-state index contributed by atoms with van der Waals surface area (Å²) in [6.45, 7) is 19.3. The molecule has 3 rings (SSSR count). The van der Waals surface area contributed by atoms with E-state index < -0.39 is 101 Å². The van der Waals surface area contributed by atoms with Gasteiger partial charge in [-0.1, -0.05) is 46.8 Å². The quantitative estimate of drug-likeness (QED) is 0.224. The second-order valence-corrected chi connectivity index (χ2v) is 14.2. The first kappa shape index (κ1) is 38.7. The average Bonchev–Trinajstić information content (AvgIpc) is 3.15. The lowest BCUT2D eigenvalue weighted by molar-refractivity contribution is -0.238. The molecule has 1 heterocycles. The number of rotatable bonds is 8. The molecule has 1 saturated carbocycles. The van der Waals surface area contributed by atoms with Gasteiger partial charge in [0.1, 0.15) is 30.5 Å². The van der Waals surface area contributed by atoms with Crippen molar-refractivity contribution in [3.8, 4) is 0 Å². The van der Waals surface area contributed by atoms with E-state index in [1.807, 2.05) is 13.8 Å². The van der Waals surface area contributed by atoms with Crippen molar-refractivity contribution in [3.63, 3.8) is 0 Å². The minimum atomic E-state index is -2.25. The summed E-state index contributed by atoms with van der Waals surface area (Å²) >= 11 is 0. The first-order valence-electron chi connectivity index (χ1n) is 16.3. The van der Waals surface area contributed by atoms with Gasteiger partial charge in [-0.3, -0.25) is 28.8 Å². The molecule has 0 radical (unpaired) electrons. The maximum Gasteiger partial charge on any atom is 0.312 e. The van der Waals surface area contributed by atoms with Gasteiger partial charge >= 0.3 is 35.8 Å². The SMILES string of the molecule is C=C1C[C@H](OC(C)=O)[C@H](OC(C)=O)[C@]2(C)[C@@H](OC(=O)C(C)C)C[C@@H](OC(=O)CC(C)C)/C(C)=C\[C@@H]3OC(=O)[C@H](C)[C@@]3(O)[C@@H](OC(C)=O)[C@@H]12. The van der Waals surface area contributed by atoms with Crippen LogP contribution in [0.3, 0.4) is 0 Å². The molecule has 1 aliphatic heterocycles. The fraction of sp³-hybridized carbons (Fsp3) is 0.714. The average molecular weight is 679 g/mol. The zero-order chi connectivity index (χ0) is 36.5. The fourth-order valence-electron chi connectivity index (χ4n) is 7.19. The fourth-order valence-corrected chi connectivity index (χ4v) is 7.19. The minimum absolute atomic E-state index is 0.0523. The Morgan fingerprint density at radius 2 is 1.52 bits per heavy atom. The van der Waals surface area contributed by atoms with Crippen molar-refractivity contribution < 1.29 is 62.3 Å². The molecule has 0 aromatic heterocycles. The van der Waals surface area contributed by atoms with E-state index in [-0.39, 0.29) is 30.8 Å². The summed E-state index contributed by atoms with van der Waals surface area (Å²) in [4.78, 5) is 77.7. The summed E-state index contributed by atoms with van der Waals surface area (Å²) in [6.07, 6.45) is -6.68. The molecule has 10 atom stereocenters. The standard InChI is InChI=1S/C35H50O13/c1-16(2)12-28(39)46-24-15-26(47-32(40)17(3)4)34(11)29(19(6)13-25(43-21(8)36)30(34)44-22(9)37)31(45-23(10)38)35(42)20(7)33(41)48-27(35)14-18(24)5/h14,16-17,20,24-27,29-31,42H,6,12-13,15H2,1-5,7-11H3/b18-14-/t20-,24+,25-,26-,27-,29+,30-,31-,34+,35-/m0/s1. The molecule has 1 N–H and O–H groups in total. The molecule has 3 aliphatic rings. The monoisotopic (exact) mass is 678 g/mol. The molecule has 13 heteroatoms. The lowest BCUT2D eigenvalue weighted by Gasteiger charge is -2.57. The number of fused-ring (bicyclic) bond motifs is 2. The van der Waals surface area contributed by atoms with E-state index in [0.717, 1.165) is 13.8 Å². The highest BCUT2D eigenvalue weighted by atomic mass is 16.6. The van der Waals surface area contributed by atoms with Gasteiger partial charge in [-0.15, -0.1) is 0 Å². The molecule has 268 valence electrons. The molecular formula is C35H50O13. The summed E-state index contributed by atoms with van der Waals surface area (Å²) < 4.78 is 35.4. The van der Waals surface area contributed by atoms with Crippen molar-refractivity contribution in [3.05, 3.63) is 23.8 Å². The van der Waals surface area contributed by atoms with E-state index >= 15 is 0 Å². The minimum Gasteiger partial charge on any atom is -0.461 e. The zero-order valence-electron chi connectivity index (χ0n) is 29.5. The summed E-state index contributed by atoms with van der Waals surface area (Å²) in [5, 5.41) is 12.7. The van der Waals surface area contributed by atoms with Gasteiger partial charge in [0.25, 0.3) is 0 Å². The van der Waals surface area contributed by atoms with Gasteiger partial charge in [0.2, 0.25) is 0 Å². The normalized spacial score (nSPS) is 36.1. The molecule has 0 amide bonds. The van der Waals surface area contributed by atoms with Gasteiger partial charge in [-0.05, 0) is 31.4 Å². The van der Waals surface area contributed by atoms with Crippen LogP contribution in [0.1, 0.15) is 88.5 Å². The second-order valence-electron chi connectivity index (χ2n) is 14.2. The molecule has 0 aromatic rings. The maximum absolute atomic E-state index is 13.4. The van der Waals surface area contributed by atoms with E-state index in [0.29, 0.717) is 5.57 Å². The van der Waals surface area contributed by atoms with Crippen LogP contribution in [0.15, 0.2) is 23.8 Å². The van der Waals surface area contributed by atoms with Crippen molar-refractivity contribution in [2.45, 2.75) is 131 Å². The van der Waals surface area contributed by atoms with Crippen LogP contribution < -0.4 is 0 Å². The Kier molecular flexibility index (Phi) is 11.9. The van der Waals surface area contributed by atoms with Gasteiger partial charge in [-0.2, -0.15) is 0 Å². The van der Waals surface area contributed by atoms with Gasteiger partial charge < -0.3 is 33.5 Å². The Morgan fingerprint density at radius 1 is 0.958 bits per heavy atom. The van der Waals surface area contributed by atoms with Crippen LogP contribution in [-0.2, 0) is 57.2 Å². The van der Waals surface area contributed by atoms with Gasteiger partial charge in [-0.25, -0.2) is 0 Å². The van der Waals surface area contributed by atoms with Gasteiger partial charge in [0, 0.05) is 46.0 Å². The molecule has 0 spiro atoms. The number of esters is 6. The molecule has 2 aliphatic carbocycles. The number of ether oxygens (including phenoxy) is 6. The third-order valence-corrected chi connectivity index (χ3v) is 9.55. The molecule has 13 nitrogen and oxygen atoms in total. The Bertz CT molecular complexity index is 1350. The van der Waals surface area contributed by atoms with E-state index in [4.69, 9.17) is 28.4 Å². The highest BCUT2D eigenvalue weighted by Crippen LogP contribution is 2.57. The Balaban J connectivity index is 2.49. The number of carbonyl (C=O) groups is 6. The second kappa shape index (κ2) is 14.8. The van der Waals surface area contributed by atoms with E-state index in [1.165, 1.54) is 19.9 Å². The van der Waals surface area contributed by atoms with Crippen molar-refractivity contribution in [2.24, 2.45) is 29.1 Å². The smallest absolute Gasteiger partial charge is 0.312 e. The predicted octanol–water partition coefficient (Wildman–Crippen LogP) is 3.53. The molecule has 2 fully saturated rings. The van der Waals surface area contributed by atoms with Crippen LogP contribution in [0, 0.1) is 29.1 Å². The summed E-state index contributed by atoms with van der Waals surface area (Å²) in [5.41, 5.74) is -3.30. The largest absolute Gasteiger partial charge is 0.461 e. The van der Waals surface area contributed by atoms with Crippen molar-refractivity contribution >= 4 is 35.8 Å². The third-order valence-electron chi connectivity index (χ3n) is 9.55. The molecule has 0 unspecified atom stereocenters. The molecule has 1 saturated heterocycles. The molecule has 0 bridgehead atoms. The topological polar surface area (TPSA) is 178 Å². The molecular weight excluding hydrogens is 628 g/mol. The first-order valence-corrected chi connectivity index (χ1v) is 16.3. The zero-order valence-corrected chi connectivity index (χ0v) is 29.5. The number of hydrogen-bond donors (Lipinski definition) is 1. The van der Waals surface area contributed by atoms with E-state index in [2.05, 4.69) is 6.58 Å². The summed E-state index contributed by atoms with van der Waals surface area (Å²) in [7, 11) is 0. The maximum atomic E-state index is 13.4. The number of carbonyl (C=O) groups excluding carboxylic acids is 6. The van der Waals surface area contributed by atoms with Crippen LogP contribution in [0.2, 0.25) is 0 Å². The number of aliphatic hydroxyl groups is 1. The Labute approximate surface area is 281 Å². The van der Waals surface area contributed by atoms with Crippen LogP contribution in [0.5, 0.6) is 0 Å². The van der Waals surface area contributed by atoms with Crippen molar-refractivity contribution in [1.82, 2.24) is 0 Å². The van der Waals surface area contributed by atoms with Crippen LogP contribution >= 0.6 is 0 Å². The number of hydrogen-bond acceptors (Lipinski definition) is 13. The lowest BCUT2D eigenvalue weighted by Crippen LogP contribution is -2.68. The third kappa shape index (κ3) is 7.76.